The fraction of sp³-hybridized carbons (Fsp3) is 0.0714. The van der Waals surface area contributed by atoms with Gasteiger partial charge in [0.25, 0.3) is 0 Å². The van der Waals surface area contributed by atoms with Gasteiger partial charge in [0.05, 0.1) is 5.69 Å². The molecule has 0 spiro atoms. The zero-order chi connectivity index (χ0) is 11.8. The summed E-state index contributed by atoms with van der Waals surface area (Å²) in [6.45, 7) is 2.08. The van der Waals surface area contributed by atoms with Crippen LogP contribution in [0.25, 0.3) is 16.9 Å². The Morgan fingerprint density at radius 1 is 1.06 bits per heavy atom. The van der Waals surface area contributed by atoms with Crippen molar-refractivity contribution < 1.29 is 24.0 Å². The largest absolute Gasteiger partial charge is 1.00 e. The molecule has 0 aliphatic rings. The second kappa shape index (κ2) is 5.40. The minimum atomic E-state index is 0. The lowest BCUT2D eigenvalue weighted by Crippen LogP contribution is -3.00. The van der Waals surface area contributed by atoms with E-state index in [1.165, 1.54) is 5.69 Å². The molecule has 0 saturated heterocycles. The molecule has 0 bridgehead atoms. The van der Waals surface area contributed by atoms with Crippen LogP contribution in [-0.4, -0.2) is 9.38 Å². The fourth-order valence-corrected chi connectivity index (χ4v) is 2.17. The monoisotopic (exact) mass is 413 g/mol. The summed E-state index contributed by atoms with van der Waals surface area (Å²) in [5.41, 5.74) is 4.32. The van der Waals surface area contributed by atoms with Crippen LogP contribution in [0.3, 0.4) is 0 Å². The molecule has 0 N–H and O–H groups in total. The Balaban J connectivity index is 0.00000120. The van der Waals surface area contributed by atoms with Gasteiger partial charge in [0, 0.05) is 21.9 Å². The van der Waals surface area contributed by atoms with E-state index < -0.39 is 0 Å². The van der Waals surface area contributed by atoms with E-state index >= 15 is 0 Å². The van der Waals surface area contributed by atoms with E-state index in [0.717, 1.165) is 21.4 Å². The SMILES string of the molecule is Cc1cccc2nc(-c3ccc(Br)cc3)cn12.[I-]. The summed E-state index contributed by atoms with van der Waals surface area (Å²) in [7, 11) is 0. The molecule has 92 valence electrons. The predicted molar refractivity (Wildman–Crippen MR) is 73.1 cm³/mol. The zero-order valence-electron chi connectivity index (χ0n) is 9.77. The minimum Gasteiger partial charge on any atom is -1.00 e. The maximum absolute atomic E-state index is 4.62. The number of aryl methyl sites for hydroxylation is 1. The average Bonchev–Trinajstić information content (AvgIpc) is 2.75. The molecular formula is C14H11BrIN2-. The van der Waals surface area contributed by atoms with Crippen molar-refractivity contribution in [2.75, 3.05) is 0 Å². The third kappa shape index (κ3) is 2.44. The molecule has 4 heteroatoms. The van der Waals surface area contributed by atoms with Crippen LogP contribution < -0.4 is 24.0 Å². The summed E-state index contributed by atoms with van der Waals surface area (Å²) in [6.07, 6.45) is 2.08. The quantitative estimate of drug-likeness (QED) is 0.545. The van der Waals surface area contributed by atoms with Crippen molar-refractivity contribution in [2.45, 2.75) is 6.92 Å². The molecule has 0 radical (unpaired) electrons. The van der Waals surface area contributed by atoms with Crippen LogP contribution in [0.2, 0.25) is 0 Å². The van der Waals surface area contributed by atoms with Gasteiger partial charge in [-0.25, -0.2) is 4.98 Å². The fourth-order valence-electron chi connectivity index (χ4n) is 1.91. The Morgan fingerprint density at radius 3 is 2.44 bits per heavy atom. The normalized spacial score (nSPS) is 10.3. The number of hydrogen-bond donors (Lipinski definition) is 0. The third-order valence-electron chi connectivity index (χ3n) is 2.84. The van der Waals surface area contributed by atoms with Crippen LogP contribution in [0, 0.1) is 6.92 Å². The van der Waals surface area contributed by atoms with E-state index in [-0.39, 0.29) is 24.0 Å². The highest BCUT2D eigenvalue weighted by Gasteiger charge is 2.04. The highest BCUT2D eigenvalue weighted by Crippen LogP contribution is 2.22. The number of imidazole rings is 1. The molecule has 2 aromatic heterocycles. The topological polar surface area (TPSA) is 17.3 Å². The number of rotatable bonds is 1. The molecule has 0 fully saturated rings. The molecule has 0 unspecified atom stereocenters. The average molecular weight is 414 g/mol. The molecule has 0 amide bonds. The van der Waals surface area contributed by atoms with Gasteiger partial charge in [-0.15, -0.1) is 0 Å². The maximum atomic E-state index is 4.62. The summed E-state index contributed by atoms with van der Waals surface area (Å²) < 4.78 is 3.19. The van der Waals surface area contributed by atoms with Crippen molar-refractivity contribution in [2.24, 2.45) is 0 Å². The highest BCUT2D eigenvalue weighted by atomic mass is 127. The number of halogens is 2. The predicted octanol–water partition coefficient (Wildman–Crippen LogP) is 1.08. The van der Waals surface area contributed by atoms with Gasteiger partial charge >= 0.3 is 0 Å². The molecule has 2 heterocycles. The maximum Gasteiger partial charge on any atom is 0.137 e. The molecule has 0 aliphatic carbocycles. The van der Waals surface area contributed by atoms with E-state index in [4.69, 9.17) is 0 Å². The number of fused-ring (bicyclic) bond motifs is 1. The molecule has 1 aromatic carbocycles. The lowest BCUT2D eigenvalue weighted by molar-refractivity contribution is -0.00000342. The van der Waals surface area contributed by atoms with Crippen LogP contribution in [-0.2, 0) is 0 Å². The van der Waals surface area contributed by atoms with Crippen LogP contribution in [0.1, 0.15) is 5.69 Å². The molecule has 2 nitrogen and oxygen atoms in total. The standard InChI is InChI=1S/C14H11BrN2.HI/c1-10-3-2-4-14-16-13(9-17(10)14)11-5-7-12(15)8-6-11;/h2-9H,1H3;1H/p-1. The van der Waals surface area contributed by atoms with E-state index in [1.807, 2.05) is 24.3 Å². The van der Waals surface area contributed by atoms with Crippen molar-refractivity contribution in [3.8, 4) is 11.3 Å². The van der Waals surface area contributed by atoms with Crippen LogP contribution in [0.4, 0.5) is 0 Å². The first-order chi connectivity index (χ1) is 8.24. The van der Waals surface area contributed by atoms with E-state index in [9.17, 15) is 0 Å². The lowest BCUT2D eigenvalue weighted by atomic mass is 10.2. The van der Waals surface area contributed by atoms with Gasteiger partial charge in [0.2, 0.25) is 0 Å². The summed E-state index contributed by atoms with van der Waals surface area (Å²) in [4.78, 5) is 4.62. The van der Waals surface area contributed by atoms with Gasteiger partial charge in [-0.1, -0.05) is 34.1 Å². The Kier molecular flexibility index (Phi) is 4.07. The van der Waals surface area contributed by atoms with Gasteiger partial charge in [0.1, 0.15) is 5.65 Å². The highest BCUT2D eigenvalue weighted by molar-refractivity contribution is 9.10. The molecule has 3 rings (SSSR count). The number of hydrogen-bond acceptors (Lipinski definition) is 1. The number of aromatic nitrogens is 2. The van der Waals surface area contributed by atoms with Crippen molar-refractivity contribution in [1.29, 1.82) is 0 Å². The van der Waals surface area contributed by atoms with Gasteiger partial charge in [-0.05, 0) is 31.2 Å². The Hall–Kier alpha value is -0.880. The second-order valence-electron chi connectivity index (χ2n) is 4.03. The summed E-state index contributed by atoms with van der Waals surface area (Å²) in [6, 6.07) is 14.3. The van der Waals surface area contributed by atoms with Gasteiger partial charge in [-0.2, -0.15) is 0 Å². The summed E-state index contributed by atoms with van der Waals surface area (Å²) in [5, 5.41) is 0. The molecule has 0 saturated carbocycles. The number of pyridine rings is 1. The zero-order valence-corrected chi connectivity index (χ0v) is 13.5. The van der Waals surface area contributed by atoms with Crippen LogP contribution in [0.5, 0.6) is 0 Å². The van der Waals surface area contributed by atoms with Gasteiger partial charge in [-0.3, -0.25) is 0 Å². The van der Waals surface area contributed by atoms with E-state index in [2.05, 4.69) is 56.6 Å². The first kappa shape index (κ1) is 13.5. The Labute approximate surface area is 131 Å². The van der Waals surface area contributed by atoms with Crippen molar-refractivity contribution in [3.63, 3.8) is 0 Å². The van der Waals surface area contributed by atoms with Crippen molar-refractivity contribution >= 4 is 21.6 Å². The van der Waals surface area contributed by atoms with Crippen molar-refractivity contribution in [3.05, 3.63) is 58.8 Å². The van der Waals surface area contributed by atoms with E-state index in [1.54, 1.807) is 0 Å². The minimum absolute atomic E-state index is 0. The second-order valence-corrected chi connectivity index (χ2v) is 4.94. The third-order valence-corrected chi connectivity index (χ3v) is 3.36. The molecule has 0 atom stereocenters. The first-order valence-corrected chi connectivity index (χ1v) is 6.24. The first-order valence-electron chi connectivity index (χ1n) is 5.45. The number of nitrogens with zero attached hydrogens (tertiary/aromatic N) is 2. The van der Waals surface area contributed by atoms with Gasteiger partial charge in [0.15, 0.2) is 0 Å². The summed E-state index contributed by atoms with van der Waals surface area (Å²) >= 11 is 3.44. The van der Waals surface area contributed by atoms with E-state index in [0.29, 0.717) is 0 Å². The molecule has 18 heavy (non-hydrogen) atoms. The Morgan fingerprint density at radius 2 is 1.78 bits per heavy atom. The van der Waals surface area contributed by atoms with Crippen LogP contribution in [0.15, 0.2) is 53.1 Å². The smallest absolute Gasteiger partial charge is 0.137 e. The lowest BCUT2D eigenvalue weighted by Gasteiger charge is -1.96. The molecule has 0 aliphatic heterocycles. The molecule has 3 aromatic rings. The molecular weight excluding hydrogens is 403 g/mol. The van der Waals surface area contributed by atoms with Gasteiger partial charge < -0.3 is 28.4 Å². The van der Waals surface area contributed by atoms with Crippen molar-refractivity contribution in [1.82, 2.24) is 9.38 Å². The summed E-state index contributed by atoms with van der Waals surface area (Å²) in [5.74, 6) is 0. The Bertz CT molecular complexity index is 674. The number of benzene rings is 1. The van der Waals surface area contributed by atoms with Crippen LogP contribution >= 0.6 is 15.9 Å².